The number of amides is 1. The van der Waals surface area contributed by atoms with Gasteiger partial charge in [0, 0.05) is 5.69 Å². The van der Waals surface area contributed by atoms with Gasteiger partial charge in [-0.1, -0.05) is 0 Å². The Morgan fingerprint density at radius 3 is 2.28 bits per heavy atom. The predicted molar refractivity (Wildman–Crippen MR) is 89.5 cm³/mol. The number of hydrogen-bond donors (Lipinski definition) is 2. The Kier molecular flexibility index (Phi) is 5.29. The van der Waals surface area contributed by atoms with Crippen LogP contribution in [0.2, 0.25) is 0 Å². The van der Waals surface area contributed by atoms with E-state index >= 15 is 0 Å². The minimum Gasteiger partial charge on any atom is -0.466 e. The Morgan fingerprint density at radius 2 is 1.80 bits per heavy atom. The van der Waals surface area contributed by atoms with E-state index in [9.17, 15) is 18.0 Å². The number of nitrogens with one attached hydrogen (secondary N) is 1. The van der Waals surface area contributed by atoms with Crippen molar-refractivity contribution in [3.8, 4) is 0 Å². The first-order valence-electron chi connectivity index (χ1n) is 7.29. The molecule has 0 unspecified atom stereocenters. The molecule has 134 valence electrons. The summed E-state index contributed by atoms with van der Waals surface area (Å²) in [7, 11) is -3.80. The van der Waals surface area contributed by atoms with Crippen molar-refractivity contribution in [3.05, 3.63) is 47.4 Å². The third-order valence-corrected chi connectivity index (χ3v) is 4.29. The standard InChI is InChI=1S/C16H18N2O6S/c1-9-8-14(10(2)23-9)16(20)24-11(3)15(19)18-12-4-6-13(7-5-12)25(17,21)22/h4-8,11H,1-3H3,(H,18,19)(H2,17,21,22)/t11-/m0/s1. The number of primary sulfonamides is 1. The molecule has 0 saturated carbocycles. The van der Waals surface area contributed by atoms with Crippen molar-refractivity contribution in [2.24, 2.45) is 5.14 Å². The molecule has 2 rings (SSSR count). The van der Waals surface area contributed by atoms with Gasteiger partial charge in [-0.05, 0) is 51.1 Å². The summed E-state index contributed by atoms with van der Waals surface area (Å²) in [5, 5.41) is 7.52. The van der Waals surface area contributed by atoms with Crippen LogP contribution in [0.4, 0.5) is 5.69 Å². The van der Waals surface area contributed by atoms with Crippen LogP contribution in [0, 0.1) is 13.8 Å². The number of hydrogen-bond acceptors (Lipinski definition) is 6. The molecule has 0 aliphatic heterocycles. The number of benzene rings is 1. The molecule has 0 aliphatic rings. The zero-order valence-electron chi connectivity index (χ0n) is 13.9. The van der Waals surface area contributed by atoms with Crippen LogP contribution in [0.5, 0.6) is 0 Å². The number of aryl methyl sites for hydroxylation is 2. The summed E-state index contributed by atoms with van der Waals surface area (Å²) in [6, 6.07) is 6.83. The molecule has 3 N–H and O–H groups in total. The van der Waals surface area contributed by atoms with E-state index in [0.29, 0.717) is 17.2 Å². The highest BCUT2D eigenvalue weighted by atomic mass is 32.2. The van der Waals surface area contributed by atoms with Crippen LogP contribution in [-0.4, -0.2) is 26.4 Å². The molecule has 0 saturated heterocycles. The maximum atomic E-state index is 12.1. The van der Waals surface area contributed by atoms with Crippen LogP contribution < -0.4 is 10.5 Å². The van der Waals surface area contributed by atoms with Gasteiger partial charge in [0.2, 0.25) is 10.0 Å². The second kappa shape index (κ2) is 7.08. The first kappa shape index (κ1) is 18.7. The lowest BCUT2D eigenvalue weighted by Gasteiger charge is -2.13. The van der Waals surface area contributed by atoms with Crippen molar-refractivity contribution in [3.63, 3.8) is 0 Å². The number of esters is 1. The van der Waals surface area contributed by atoms with Crippen molar-refractivity contribution in [2.45, 2.75) is 31.8 Å². The van der Waals surface area contributed by atoms with Crippen molar-refractivity contribution in [1.82, 2.24) is 0 Å². The number of furan rings is 1. The molecule has 1 atom stereocenters. The second-order valence-electron chi connectivity index (χ2n) is 5.43. The number of carbonyl (C=O) groups is 2. The summed E-state index contributed by atoms with van der Waals surface area (Å²) in [6.07, 6.45) is -1.06. The third-order valence-electron chi connectivity index (χ3n) is 3.36. The molecular formula is C16H18N2O6S. The molecule has 1 aromatic heterocycles. The summed E-state index contributed by atoms with van der Waals surface area (Å²) in [6.45, 7) is 4.75. The summed E-state index contributed by atoms with van der Waals surface area (Å²) >= 11 is 0. The average Bonchev–Trinajstić information content (AvgIpc) is 2.85. The summed E-state index contributed by atoms with van der Waals surface area (Å²) in [4.78, 5) is 24.1. The fraction of sp³-hybridized carbons (Fsp3) is 0.250. The first-order valence-corrected chi connectivity index (χ1v) is 8.84. The fourth-order valence-electron chi connectivity index (χ4n) is 2.08. The molecule has 1 aromatic carbocycles. The summed E-state index contributed by atoms with van der Waals surface area (Å²) in [5.74, 6) is -0.249. The maximum Gasteiger partial charge on any atom is 0.342 e. The van der Waals surface area contributed by atoms with E-state index in [1.165, 1.54) is 37.3 Å². The lowest BCUT2D eigenvalue weighted by Crippen LogP contribution is -2.30. The lowest BCUT2D eigenvalue weighted by molar-refractivity contribution is -0.123. The van der Waals surface area contributed by atoms with Gasteiger partial charge in [0.15, 0.2) is 6.10 Å². The molecule has 0 fully saturated rings. The molecular weight excluding hydrogens is 348 g/mol. The Balaban J connectivity index is 2.00. The average molecular weight is 366 g/mol. The molecule has 25 heavy (non-hydrogen) atoms. The smallest absolute Gasteiger partial charge is 0.342 e. The van der Waals surface area contributed by atoms with Crippen LogP contribution in [0.3, 0.4) is 0 Å². The van der Waals surface area contributed by atoms with E-state index in [4.69, 9.17) is 14.3 Å². The van der Waals surface area contributed by atoms with Gasteiger partial charge in [-0.25, -0.2) is 18.4 Å². The van der Waals surface area contributed by atoms with Gasteiger partial charge in [0.1, 0.15) is 17.1 Å². The maximum absolute atomic E-state index is 12.1. The van der Waals surface area contributed by atoms with E-state index in [1.54, 1.807) is 13.8 Å². The van der Waals surface area contributed by atoms with Crippen LogP contribution in [0.1, 0.15) is 28.8 Å². The highest BCUT2D eigenvalue weighted by Gasteiger charge is 2.22. The number of rotatable bonds is 5. The molecule has 0 aliphatic carbocycles. The van der Waals surface area contributed by atoms with Crippen LogP contribution in [0.15, 0.2) is 39.6 Å². The number of ether oxygens (including phenoxy) is 1. The predicted octanol–water partition coefficient (Wildman–Crippen LogP) is 1.73. The molecule has 0 radical (unpaired) electrons. The highest BCUT2D eigenvalue weighted by Crippen LogP contribution is 2.17. The Morgan fingerprint density at radius 1 is 1.20 bits per heavy atom. The van der Waals surface area contributed by atoms with E-state index in [2.05, 4.69) is 5.32 Å². The van der Waals surface area contributed by atoms with Gasteiger partial charge in [-0.3, -0.25) is 4.79 Å². The van der Waals surface area contributed by atoms with Gasteiger partial charge in [0.05, 0.1) is 4.90 Å². The molecule has 1 amide bonds. The number of nitrogens with two attached hydrogens (primary N) is 1. The van der Waals surface area contributed by atoms with Crippen LogP contribution >= 0.6 is 0 Å². The van der Waals surface area contributed by atoms with Crippen molar-refractivity contribution in [2.75, 3.05) is 5.32 Å². The number of anilines is 1. The van der Waals surface area contributed by atoms with Gasteiger partial charge in [0.25, 0.3) is 5.91 Å². The number of carbonyl (C=O) groups excluding carboxylic acids is 2. The van der Waals surface area contributed by atoms with Gasteiger partial charge < -0.3 is 14.5 Å². The van der Waals surface area contributed by atoms with E-state index in [1.807, 2.05) is 0 Å². The van der Waals surface area contributed by atoms with Crippen LogP contribution in [0.25, 0.3) is 0 Å². The molecule has 0 bridgehead atoms. The zero-order chi connectivity index (χ0) is 18.8. The topological polar surface area (TPSA) is 129 Å². The van der Waals surface area contributed by atoms with Crippen molar-refractivity contribution >= 4 is 27.6 Å². The van der Waals surface area contributed by atoms with E-state index in [-0.39, 0.29) is 10.5 Å². The zero-order valence-corrected chi connectivity index (χ0v) is 14.7. The number of sulfonamides is 1. The van der Waals surface area contributed by atoms with Gasteiger partial charge in [-0.15, -0.1) is 0 Å². The first-order chi connectivity index (χ1) is 11.6. The summed E-state index contributed by atoms with van der Waals surface area (Å²) in [5.41, 5.74) is 0.602. The molecule has 2 aromatic rings. The highest BCUT2D eigenvalue weighted by molar-refractivity contribution is 7.89. The minimum absolute atomic E-state index is 0.0734. The third kappa shape index (κ3) is 4.68. The largest absolute Gasteiger partial charge is 0.466 e. The Hall–Kier alpha value is -2.65. The van der Waals surface area contributed by atoms with Crippen molar-refractivity contribution in [1.29, 1.82) is 0 Å². The fourth-order valence-corrected chi connectivity index (χ4v) is 2.60. The lowest BCUT2D eigenvalue weighted by atomic mass is 10.2. The van der Waals surface area contributed by atoms with Crippen LogP contribution in [-0.2, 0) is 19.6 Å². The second-order valence-corrected chi connectivity index (χ2v) is 6.99. The van der Waals surface area contributed by atoms with Crippen molar-refractivity contribution < 1.29 is 27.2 Å². The SMILES string of the molecule is Cc1cc(C(=O)O[C@@H](C)C(=O)Nc2ccc(S(N)(=O)=O)cc2)c(C)o1. The quantitative estimate of drug-likeness (QED) is 0.775. The van der Waals surface area contributed by atoms with E-state index < -0.39 is 28.0 Å². The van der Waals surface area contributed by atoms with E-state index in [0.717, 1.165) is 0 Å². The van der Waals surface area contributed by atoms with Gasteiger partial charge >= 0.3 is 5.97 Å². The summed E-state index contributed by atoms with van der Waals surface area (Å²) < 4.78 is 32.7. The normalized spacial score (nSPS) is 12.5. The minimum atomic E-state index is -3.80. The molecule has 8 nitrogen and oxygen atoms in total. The molecule has 0 spiro atoms. The Labute approximate surface area is 145 Å². The molecule has 9 heteroatoms. The molecule has 1 heterocycles. The monoisotopic (exact) mass is 366 g/mol. The van der Waals surface area contributed by atoms with Gasteiger partial charge in [-0.2, -0.15) is 0 Å². The Bertz CT molecular complexity index is 899.